The van der Waals surface area contributed by atoms with E-state index in [4.69, 9.17) is 5.11 Å². The highest BCUT2D eigenvalue weighted by Gasteiger charge is 2.19. The molecular weight excluding hydrogens is 280 g/mol. The van der Waals surface area contributed by atoms with E-state index in [1.165, 1.54) is 5.56 Å². The predicted octanol–water partition coefficient (Wildman–Crippen LogP) is 2.38. The Bertz CT molecular complexity index is 659. The van der Waals surface area contributed by atoms with Crippen LogP contribution in [-0.4, -0.2) is 33.1 Å². The molecule has 0 saturated carbocycles. The quantitative estimate of drug-likeness (QED) is 0.811. The van der Waals surface area contributed by atoms with Crippen LogP contribution in [-0.2, 0) is 0 Å². The lowest BCUT2D eigenvalue weighted by Gasteiger charge is -2.23. The number of nitrogens with one attached hydrogen (secondary N) is 2. The van der Waals surface area contributed by atoms with Crippen LogP contribution in [0.1, 0.15) is 25.1 Å². The third-order valence-corrected chi connectivity index (χ3v) is 3.25. The molecule has 0 atom stereocenters. The fourth-order valence-electron chi connectivity index (χ4n) is 1.98. The third kappa shape index (κ3) is 3.85. The molecule has 0 unspecified atom stereocenters. The molecular formula is C16H22N4O2. The smallest absolute Gasteiger partial charge is 0.320 e. The average Bonchev–Trinajstić information content (AvgIpc) is 2.79. The Kier molecular flexibility index (Phi) is 4.51. The van der Waals surface area contributed by atoms with Gasteiger partial charge in [-0.25, -0.2) is 9.48 Å². The summed E-state index contributed by atoms with van der Waals surface area (Å²) in [5.41, 5.74) is 2.35. The summed E-state index contributed by atoms with van der Waals surface area (Å²) >= 11 is 0. The summed E-state index contributed by atoms with van der Waals surface area (Å²) in [5.74, 6) is 0.462. The standard InChI is InChI=1S/C16H22N4O2/c1-11-5-7-13(8-6-11)20-12(2)9-14(19-20)17-15(22)18-16(3,4)10-21/h5-9,21H,10H2,1-4H3,(H2,17,18,19,22). The molecule has 0 aliphatic heterocycles. The number of hydrogen-bond donors (Lipinski definition) is 3. The maximum Gasteiger partial charge on any atom is 0.320 e. The SMILES string of the molecule is Cc1ccc(-n2nc(NC(=O)NC(C)(C)CO)cc2C)cc1. The van der Waals surface area contributed by atoms with Crippen molar-refractivity contribution >= 4 is 11.8 Å². The van der Waals surface area contributed by atoms with Crippen molar-refractivity contribution in [1.82, 2.24) is 15.1 Å². The second-order valence-electron chi connectivity index (χ2n) is 6.04. The molecule has 0 fully saturated rings. The Morgan fingerprint density at radius 2 is 1.91 bits per heavy atom. The molecule has 2 rings (SSSR count). The number of aliphatic hydroxyl groups excluding tert-OH is 1. The molecule has 0 aliphatic rings. The van der Waals surface area contributed by atoms with E-state index >= 15 is 0 Å². The number of aryl methyl sites for hydroxylation is 2. The number of anilines is 1. The highest BCUT2D eigenvalue weighted by molar-refractivity contribution is 5.88. The Hall–Kier alpha value is -2.34. The first kappa shape index (κ1) is 16.0. The summed E-state index contributed by atoms with van der Waals surface area (Å²) in [5, 5.41) is 18.9. The average molecular weight is 302 g/mol. The first-order valence-electron chi connectivity index (χ1n) is 7.14. The molecule has 2 aromatic rings. The van der Waals surface area contributed by atoms with Crippen molar-refractivity contribution in [3.63, 3.8) is 0 Å². The van der Waals surface area contributed by atoms with Gasteiger partial charge in [0.25, 0.3) is 0 Å². The minimum atomic E-state index is -0.682. The van der Waals surface area contributed by atoms with Crippen molar-refractivity contribution in [2.45, 2.75) is 33.2 Å². The van der Waals surface area contributed by atoms with Crippen molar-refractivity contribution < 1.29 is 9.90 Å². The Morgan fingerprint density at radius 1 is 1.27 bits per heavy atom. The van der Waals surface area contributed by atoms with E-state index < -0.39 is 11.6 Å². The van der Waals surface area contributed by atoms with E-state index in [9.17, 15) is 4.79 Å². The van der Waals surface area contributed by atoms with Crippen LogP contribution in [0.25, 0.3) is 5.69 Å². The number of rotatable bonds is 4. The van der Waals surface area contributed by atoms with Crippen molar-refractivity contribution in [3.8, 4) is 5.69 Å². The highest BCUT2D eigenvalue weighted by Crippen LogP contribution is 2.15. The number of carbonyl (C=O) groups is 1. The minimum absolute atomic E-state index is 0.142. The second-order valence-corrected chi connectivity index (χ2v) is 6.04. The molecule has 2 amide bonds. The van der Waals surface area contributed by atoms with Crippen LogP contribution in [0.2, 0.25) is 0 Å². The topological polar surface area (TPSA) is 79.2 Å². The van der Waals surface area contributed by atoms with Crippen LogP contribution in [0.4, 0.5) is 10.6 Å². The molecule has 0 spiro atoms. The number of amides is 2. The highest BCUT2D eigenvalue weighted by atomic mass is 16.3. The van der Waals surface area contributed by atoms with Gasteiger partial charge in [-0.15, -0.1) is 5.10 Å². The minimum Gasteiger partial charge on any atom is -0.394 e. The number of benzene rings is 1. The van der Waals surface area contributed by atoms with Gasteiger partial charge in [0.05, 0.1) is 17.8 Å². The van der Waals surface area contributed by atoms with E-state index in [1.54, 1.807) is 24.6 Å². The number of nitrogens with zero attached hydrogens (tertiary/aromatic N) is 2. The summed E-state index contributed by atoms with van der Waals surface area (Å²) in [6, 6.07) is 9.39. The third-order valence-electron chi connectivity index (χ3n) is 3.25. The van der Waals surface area contributed by atoms with Crippen molar-refractivity contribution in [3.05, 3.63) is 41.6 Å². The van der Waals surface area contributed by atoms with E-state index in [-0.39, 0.29) is 6.61 Å². The van der Waals surface area contributed by atoms with Crippen LogP contribution < -0.4 is 10.6 Å². The van der Waals surface area contributed by atoms with Crippen LogP contribution in [0, 0.1) is 13.8 Å². The molecule has 6 nitrogen and oxygen atoms in total. The zero-order chi connectivity index (χ0) is 16.3. The normalized spacial score (nSPS) is 11.3. The molecule has 6 heteroatoms. The lowest BCUT2D eigenvalue weighted by Crippen LogP contribution is -2.48. The van der Waals surface area contributed by atoms with Gasteiger partial charge < -0.3 is 10.4 Å². The van der Waals surface area contributed by atoms with Gasteiger partial charge in [0, 0.05) is 11.8 Å². The van der Waals surface area contributed by atoms with Crippen molar-refractivity contribution in [2.75, 3.05) is 11.9 Å². The van der Waals surface area contributed by atoms with Gasteiger partial charge in [-0.3, -0.25) is 5.32 Å². The fraction of sp³-hybridized carbons (Fsp3) is 0.375. The number of carbonyl (C=O) groups excluding carboxylic acids is 1. The lowest BCUT2D eigenvalue weighted by molar-refractivity contribution is 0.187. The van der Waals surface area contributed by atoms with Gasteiger partial charge in [-0.1, -0.05) is 17.7 Å². The molecule has 1 heterocycles. The molecule has 0 saturated heterocycles. The molecule has 1 aromatic carbocycles. The van der Waals surface area contributed by atoms with Crippen molar-refractivity contribution in [2.24, 2.45) is 0 Å². The van der Waals surface area contributed by atoms with Gasteiger partial charge in [0.15, 0.2) is 5.82 Å². The van der Waals surface area contributed by atoms with Crippen molar-refractivity contribution in [1.29, 1.82) is 0 Å². The number of aromatic nitrogens is 2. The van der Waals surface area contributed by atoms with Crippen LogP contribution in [0.15, 0.2) is 30.3 Å². The molecule has 118 valence electrons. The summed E-state index contributed by atoms with van der Waals surface area (Å²) in [4.78, 5) is 11.9. The molecule has 22 heavy (non-hydrogen) atoms. The number of urea groups is 1. The molecule has 3 N–H and O–H groups in total. The zero-order valence-electron chi connectivity index (χ0n) is 13.3. The Balaban J connectivity index is 2.13. The Labute approximate surface area is 130 Å². The maximum absolute atomic E-state index is 11.9. The molecule has 1 aromatic heterocycles. The van der Waals surface area contributed by atoms with Crippen LogP contribution in [0.3, 0.4) is 0 Å². The Morgan fingerprint density at radius 3 is 2.50 bits per heavy atom. The van der Waals surface area contributed by atoms with Gasteiger partial charge in [-0.05, 0) is 39.8 Å². The number of aliphatic hydroxyl groups is 1. The van der Waals surface area contributed by atoms with Gasteiger partial charge in [0.2, 0.25) is 0 Å². The molecule has 0 radical (unpaired) electrons. The maximum atomic E-state index is 11.9. The second kappa shape index (κ2) is 6.19. The fourth-order valence-corrected chi connectivity index (χ4v) is 1.98. The van der Waals surface area contributed by atoms with E-state index in [2.05, 4.69) is 15.7 Å². The summed E-state index contributed by atoms with van der Waals surface area (Å²) in [6.07, 6.45) is 0. The molecule has 0 bridgehead atoms. The zero-order valence-corrected chi connectivity index (χ0v) is 13.3. The first-order chi connectivity index (χ1) is 10.3. The molecule has 0 aliphatic carbocycles. The van der Waals surface area contributed by atoms with Crippen LogP contribution in [0.5, 0.6) is 0 Å². The predicted molar refractivity (Wildman–Crippen MR) is 86.4 cm³/mol. The summed E-state index contributed by atoms with van der Waals surface area (Å²) < 4.78 is 1.77. The lowest BCUT2D eigenvalue weighted by atomic mass is 10.1. The van der Waals surface area contributed by atoms with Gasteiger partial charge in [-0.2, -0.15) is 0 Å². The van der Waals surface area contributed by atoms with Gasteiger partial charge in [0.1, 0.15) is 0 Å². The van der Waals surface area contributed by atoms with E-state index in [0.29, 0.717) is 5.82 Å². The van der Waals surface area contributed by atoms with Crippen LogP contribution >= 0.6 is 0 Å². The van der Waals surface area contributed by atoms with E-state index in [0.717, 1.165) is 11.4 Å². The summed E-state index contributed by atoms with van der Waals surface area (Å²) in [6.45, 7) is 7.29. The summed E-state index contributed by atoms with van der Waals surface area (Å²) in [7, 11) is 0. The first-order valence-corrected chi connectivity index (χ1v) is 7.14. The van der Waals surface area contributed by atoms with E-state index in [1.807, 2.05) is 38.1 Å². The largest absolute Gasteiger partial charge is 0.394 e. The van der Waals surface area contributed by atoms with Gasteiger partial charge >= 0.3 is 6.03 Å². The number of hydrogen-bond acceptors (Lipinski definition) is 3. The monoisotopic (exact) mass is 302 g/mol.